The maximum Gasteiger partial charge on any atom is 0.244 e. The maximum atomic E-state index is 12.8. The van der Waals surface area contributed by atoms with E-state index in [1.807, 2.05) is 61.3 Å². The predicted octanol–water partition coefficient (Wildman–Crippen LogP) is 2.20. The highest BCUT2D eigenvalue weighted by molar-refractivity contribution is 5.85. The van der Waals surface area contributed by atoms with Gasteiger partial charge in [0, 0.05) is 13.1 Å². The molecular formula is C16H27Cl2N3O. The number of hydrogen-bond acceptors (Lipinski definition) is 3. The number of halogens is 2. The molecule has 0 saturated carbocycles. The summed E-state index contributed by atoms with van der Waals surface area (Å²) in [6.07, 6.45) is 1.10. The lowest BCUT2D eigenvalue weighted by molar-refractivity contribution is -0.135. The van der Waals surface area contributed by atoms with Crippen molar-refractivity contribution in [3.05, 3.63) is 35.9 Å². The number of nitrogens with one attached hydrogen (secondary N) is 1. The number of amides is 1. The van der Waals surface area contributed by atoms with Crippen LogP contribution >= 0.6 is 24.8 Å². The fourth-order valence-corrected chi connectivity index (χ4v) is 2.96. The van der Waals surface area contributed by atoms with Crippen molar-refractivity contribution in [1.29, 1.82) is 0 Å². The van der Waals surface area contributed by atoms with E-state index in [-0.39, 0.29) is 36.8 Å². The molecule has 0 radical (unpaired) electrons. The molecule has 1 heterocycles. The van der Waals surface area contributed by atoms with E-state index < -0.39 is 0 Å². The molecule has 1 saturated heterocycles. The summed E-state index contributed by atoms with van der Waals surface area (Å²) >= 11 is 0. The van der Waals surface area contributed by atoms with Crippen LogP contribution in [-0.4, -0.2) is 56.5 Å². The molecule has 1 aliphatic heterocycles. The fourth-order valence-electron chi connectivity index (χ4n) is 2.96. The maximum absolute atomic E-state index is 12.8. The topological polar surface area (TPSA) is 35.6 Å². The first-order chi connectivity index (χ1) is 9.63. The van der Waals surface area contributed by atoms with Crippen molar-refractivity contribution in [2.75, 3.05) is 40.8 Å². The van der Waals surface area contributed by atoms with E-state index in [1.165, 1.54) is 0 Å². The smallest absolute Gasteiger partial charge is 0.244 e. The Morgan fingerprint density at radius 2 is 1.95 bits per heavy atom. The summed E-state index contributed by atoms with van der Waals surface area (Å²) in [6, 6.07) is 9.86. The van der Waals surface area contributed by atoms with Crippen LogP contribution in [0.25, 0.3) is 0 Å². The van der Waals surface area contributed by atoms with E-state index >= 15 is 0 Å². The second kappa shape index (κ2) is 10.1. The molecule has 0 spiro atoms. The Hall–Kier alpha value is -0.810. The second-order valence-corrected chi connectivity index (χ2v) is 5.77. The number of likely N-dealkylation sites (tertiary alicyclic amines) is 1. The highest BCUT2D eigenvalue weighted by Crippen LogP contribution is 2.24. The zero-order valence-corrected chi connectivity index (χ0v) is 15.1. The molecular weight excluding hydrogens is 321 g/mol. The van der Waals surface area contributed by atoms with Crippen molar-refractivity contribution < 1.29 is 4.79 Å². The van der Waals surface area contributed by atoms with Crippen molar-refractivity contribution in [1.82, 2.24) is 15.1 Å². The number of nitrogens with zero attached hydrogens (tertiary/aromatic N) is 2. The van der Waals surface area contributed by atoms with Gasteiger partial charge in [0.05, 0.1) is 0 Å². The highest BCUT2D eigenvalue weighted by Gasteiger charge is 2.32. The monoisotopic (exact) mass is 347 g/mol. The molecule has 0 bridgehead atoms. The lowest BCUT2D eigenvalue weighted by Gasteiger charge is -2.28. The molecule has 1 aromatic rings. The predicted molar refractivity (Wildman–Crippen MR) is 96.0 cm³/mol. The molecule has 0 aliphatic carbocycles. The third-order valence-electron chi connectivity index (χ3n) is 3.96. The molecule has 2 atom stereocenters. The van der Waals surface area contributed by atoms with Gasteiger partial charge in [-0.1, -0.05) is 30.3 Å². The summed E-state index contributed by atoms with van der Waals surface area (Å²) in [7, 11) is 5.91. The molecule has 22 heavy (non-hydrogen) atoms. The number of carbonyl (C=O) groups excluding carboxylic acids is 1. The Labute approximate surface area is 146 Å². The van der Waals surface area contributed by atoms with Crippen molar-refractivity contribution in [3.63, 3.8) is 0 Å². The minimum Gasteiger partial charge on any atom is -0.341 e. The van der Waals surface area contributed by atoms with Crippen LogP contribution in [0.1, 0.15) is 18.0 Å². The van der Waals surface area contributed by atoms with Crippen molar-refractivity contribution in [2.45, 2.75) is 12.5 Å². The minimum absolute atomic E-state index is 0. The van der Waals surface area contributed by atoms with E-state index in [9.17, 15) is 4.79 Å². The van der Waals surface area contributed by atoms with E-state index in [0.717, 1.165) is 31.6 Å². The third kappa shape index (κ3) is 5.13. The fraction of sp³-hybridized carbons (Fsp3) is 0.562. The molecule has 1 N–H and O–H groups in total. The Kier molecular flexibility index (Phi) is 9.69. The normalized spacial score (nSPS) is 18.5. The third-order valence-corrected chi connectivity index (χ3v) is 3.96. The van der Waals surface area contributed by atoms with Gasteiger partial charge in [-0.3, -0.25) is 9.69 Å². The van der Waals surface area contributed by atoms with Crippen LogP contribution in [0.3, 0.4) is 0 Å². The molecule has 1 fully saturated rings. The van der Waals surface area contributed by atoms with Gasteiger partial charge in [0.25, 0.3) is 0 Å². The largest absolute Gasteiger partial charge is 0.341 e. The van der Waals surface area contributed by atoms with Crippen molar-refractivity contribution >= 4 is 30.7 Å². The van der Waals surface area contributed by atoms with E-state index in [2.05, 4.69) is 5.32 Å². The summed E-state index contributed by atoms with van der Waals surface area (Å²) in [6.45, 7) is 2.74. The molecule has 1 amide bonds. The molecule has 1 aliphatic rings. The summed E-state index contributed by atoms with van der Waals surface area (Å²) in [5, 5.41) is 3.20. The summed E-state index contributed by atoms with van der Waals surface area (Å²) in [4.78, 5) is 16.8. The minimum atomic E-state index is -0.176. The average molecular weight is 348 g/mol. The SMILES string of the molecule is CNCC1CCN(C(=O)C(c2ccccc2)N(C)C)C1.Cl.Cl. The van der Waals surface area contributed by atoms with E-state index in [0.29, 0.717) is 5.92 Å². The van der Waals surface area contributed by atoms with Crippen LogP contribution < -0.4 is 5.32 Å². The first kappa shape index (κ1) is 21.2. The summed E-state index contributed by atoms with van der Waals surface area (Å²) in [5.41, 5.74) is 1.07. The number of hydrogen-bond donors (Lipinski definition) is 1. The summed E-state index contributed by atoms with van der Waals surface area (Å²) in [5.74, 6) is 0.808. The first-order valence-corrected chi connectivity index (χ1v) is 7.28. The van der Waals surface area contributed by atoms with Gasteiger partial charge in [0.2, 0.25) is 5.91 Å². The van der Waals surface area contributed by atoms with Gasteiger partial charge in [-0.25, -0.2) is 0 Å². The number of carbonyl (C=O) groups is 1. The van der Waals surface area contributed by atoms with Crippen LogP contribution in [0.5, 0.6) is 0 Å². The van der Waals surface area contributed by atoms with E-state index in [1.54, 1.807) is 0 Å². The zero-order valence-electron chi connectivity index (χ0n) is 13.5. The van der Waals surface area contributed by atoms with Crippen molar-refractivity contribution in [2.24, 2.45) is 5.92 Å². The average Bonchev–Trinajstić information content (AvgIpc) is 2.89. The van der Waals surface area contributed by atoms with Crippen LogP contribution in [-0.2, 0) is 4.79 Å². The standard InChI is InChI=1S/C16H25N3O.2ClH/c1-17-11-13-9-10-19(12-13)16(20)15(18(2)3)14-7-5-4-6-8-14;;/h4-8,13,15,17H,9-12H2,1-3H3;2*1H. The Balaban J connectivity index is 0.00000220. The quantitative estimate of drug-likeness (QED) is 0.886. The lowest BCUT2D eigenvalue weighted by Crippen LogP contribution is -2.39. The van der Waals surface area contributed by atoms with Gasteiger partial charge in [0.1, 0.15) is 6.04 Å². The van der Waals surface area contributed by atoms with Gasteiger partial charge in [-0.05, 0) is 45.6 Å². The first-order valence-electron chi connectivity index (χ1n) is 7.28. The Morgan fingerprint density at radius 3 is 2.50 bits per heavy atom. The van der Waals surface area contributed by atoms with Gasteiger partial charge in [-0.15, -0.1) is 24.8 Å². The lowest BCUT2D eigenvalue weighted by atomic mass is 10.0. The number of rotatable bonds is 5. The van der Waals surface area contributed by atoms with Crippen LogP contribution in [0.15, 0.2) is 30.3 Å². The molecule has 6 heteroatoms. The van der Waals surface area contributed by atoms with Gasteiger partial charge in [0.15, 0.2) is 0 Å². The molecule has 2 unspecified atom stereocenters. The van der Waals surface area contributed by atoms with Crippen LogP contribution in [0.2, 0.25) is 0 Å². The van der Waals surface area contributed by atoms with E-state index in [4.69, 9.17) is 0 Å². The van der Waals surface area contributed by atoms with Gasteiger partial charge >= 0.3 is 0 Å². The summed E-state index contributed by atoms with van der Waals surface area (Å²) < 4.78 is 0. The molecule has 0 aromatic heterocycles. The molecule has 126 valence electrons. The Bertz CT molecular complexity index is 442. The van der Waals surface area contributed by atoms with Gasteiger partial charge < -0.3 is 10.2 Å². The number of likely N-dealkylation sites (N-methyl/N-ethyl adjacent to an activating group) is 1. The van der Waals surface area contributed by atoms with Crippen LogP contribution in [0.4, 0.5) is 0 Å². The molecule has 4 nitrogen and oxygen atoms in total. The Morgan fingerprint density at radius 1 is 1.32 bits per heavy atom. The number of benzene rings is 1. The van der Waals surface area contributed by atoms with Gasteiger partial charge in [-0.2, -0.15) is 0 Å². The second-order valence-electron chi connectivity index (χ2n) is 5.77. The van der Waals surface area contributed by atoms with Crippen LogP contribution in [0, 0.1) is 5.92 Å². The zero-order chi connectivity index (χ0) is 14.5. The highest BCUT2D eigenvalue weighted by atomic mass is 35.5. The molecule has 2 rings (SSSR count). The van der Waals surface area contributed by atoms with Crippen molar-refractivity contribution in [3.8, 4) is 0 Å². The molecule has 1 aromatic carbocycles.